The first-order chi connectivity index (χ1) is 11.6. The molecular formula is C15H14F4N4O2. The number of hydrogen-bond donors (Lipinski definition) is 1. The molecule has 2 amide bonds. The Hall–Kier alpha value is -2.91. The Labute approximate surface area is 140 Å². The Morgan fingerprint density at radius 1 is 1.28 bits per heavy atom. The minimum atomic E-state index is -4.59. The van der Waals surface area contributed by atoms with Crippen molar-refractivity contribution in [3.05, 3.63) is 48.0 Å². The summed E-state index contributed by atoms with van der Waals surface area (Å²) in [5.74, 6) is -1.70. The van der Waals surface area contributed by atoms with Gasteiger partial charge in [-0.15, -0.1) is 0 Å². The fraction of sp³-hybridized carbons (Fsp3) is 0.267. The molecule has 25 heavy (non-hydrogen) atoms. The lowest BCUT2D eigenvalue weighted by Gasteiger charge is -2.17. The van der Waals surface area contributed by atoms with Crippen LogP contribution in [0.15, 0.2) is 36.5 Å². The molecule has 1 aromatic carbocycles. The zero-order valence-electron chi connectivity index (χ0n) is 13.0. The molecule has 0 fully saturated rings. The average molecular weight is 358 g/mol. The van der Waals surface area contributed by atoms with Crippen molar-refractivity contribution in [1.82, 2.24) is 14.7 Å². The predicted molar refractivity (Wildman–Crippen MR) is 79.9 cm³/mol. The van der Waals surface area contributed by atoms with Crippen LogP contribution < -0.4 is 5.32 Å². The number of amides is 2. The molecular weight excluding hydrogens is 344 g/mol. The number of nitrogens with zero attached hydrogens (tertiary/aromatic N) is 3. The van der Waals surface area contributed by atoms with Gasteiger partial charge in [0.2, 0.25) is 11.8 Å². The van der Waals surface area contributed by atoms with E-state index in [0.29, 0.717) is 0 Å². The molecule has 1 N–H and O–H groups in total. The highest BCUT2D eigenvalue weighted by atomic mass is 19.4. The smallest absolute Gasteiger partial charge is 0.335 e. The van der Waals surface area contributed by atoms with Gasteiger partial charge in [-0.3, -0.25) is 14.3 Å². The van der Waals surface area contributed by atoms with E-state index in [2.05, 4.69) is 10.4 Å². The normalized spacial score (nSPS) is 11.2. The third kappa shape index (κ3) is 5.30. The molecule has 0 bridgehead atoms. The van der Waals surface area contributed by atoms with Gasteiger partial charge in [0, 0.05) is 18.9 Å². The summed E-state index contributed by atoms with van der Waals surface area (Å²) in [5, 5.41) is 5.67. The Morgan fingerprint density at radius 3 is 2.60 bits per heavy atom. The zero-order chi connectivity index (χ0) is 18.6. The average Bonchev–Trinajstić information content (AvgIpc) is 2.95. The van der Waals surface area contributed by atoms with Crippen molar-refractivity contribution in [3.8, 4) is 0 Å². The van der Waals surface area contributed by atoms with Gasteiger partial charge in [-0.1, -0.05) is 6.07 Å². The van der Waals surface area contributed by atoms with Crippen molar-refractivity contribution in [3.63, 3.8) is 0 Å². The quantitative estimate of drug-likeness (QED) is 0.833. The zero-order valence-corrected chi connectivity index (χ0v) is 13.0. The highest BCUT2D eigenvalue weighted by Crippen LogP contribution is 2.27. The second-order valence-corrected chi connectivity index (χ2v) is 5.20. The van der Waals surface area contributed by atoms with Gasteiger partial charge in [0.1, 0.15) is 12.4 Å². The number of likely N-dealkylation sites (N-methyl/N-ethyl adjacent to an activating group) is 1. The van der Waals surface area contributed by atoms with Crippen LogP contribution >= 0.6 is 0 Å². The third-order valence-electron chi connectivity index (χ3n) is 3.14. The van der Waals surface area contributed by atoms with Gasteiger partial charge >= 0.3 is 6.18 Å². The van der Waals surface area contributed by atoms with E-state index in [4.69, 9.17) is 0 Å². The maximum absolute atomic E-state index is 13.0. The molecule has 0 radical (unpaired) electrons. The molecule has 0 unspecified atom stereocenters. The molecule has 0 aliphatic rings. The maximum atomic E-state index is 13.0. The molecule has 6 nitrogen and oxygen atoms in total. The summed E-state index contributed by atoms with van der Waals surface area (Å²) in [7, 11) is 1.32. The van der Waals surface area contributed by atoms with Crippen molar-refractivity contribution >= 4 is 17.5 Å². The van der Waals surface area contributed by atoms with E-state index in [1.807, 2.05) is 0 Å². The van der Waals surface area contributed by atoms with Gasteiger partial charge < -0.3 is 10.2 Å². The lowest BCUT2D eigenvalue weighted by molar-refractivity contribution is -0.142. The minimum Gasteiger partial charge on any atom is -0.335 e. The Kier molecular flexibility index (Phi) is 5.40. The van der Waals surface area contributed by atoms with E-state index >= 15 is 0 Å². The van der Waals surface area contributed by atoms with Gasteiger partial charge in [-0.25, -0.2) is 4.39 Å². The molecule has 2 aromatic rings. The number of halogens is 4. The lowest BCUT2D eigenvalue weighted by Crippen LogP contribution is -2.37. The van der Waals surface area contributed by atoms with Gasteiger partial charge in [0.05, 0.1) is 6.54 Å². The highest BCUT2D eigenvalue weighted by molar-refractivity contribution is 5.94. The molecule has 2 rings (SSSR count). The van der Waals surface area contributed by atoms with Crippen molar-refractivity contribution in [2.75, 3.05) is 18.9 Å². The summed E-state index contributed by atoms with van der Waals surface area (Å²) >= 11 is 0. The molecule has 0 saturated heterocycles. The molecule has 0 atom stereocenters. The van der Waals surface area contributed by atoms with Crippen LogP contribution in [0.3, 0.4) is 0 Å². The number of carbonyl (C=O) groups is 2. The summed E-state index contributed by atoms with van der Waals surface area (Å²) < 4.78 is 51.2. The Bertz CT molecular complexity index is 773. The van der Waals surface area contributed by atoms with E-state index in [9.17, 15) is 27.2 Å². The van der Waals surface area contributed by atoms with Crippen LogP contribution in [0.5, 0.6) is 0 Å². The van der Waals surface area contributed by atoms with Gasteiger partial charge in [0.25, 0.3) is 0 Å². The molecule has 1 heterocycles. The maximum Gasteiger partial charge on any atom is 0.435 e. The van der Waals surface area contributed by atoms with E-state index in [1.165, 1.54) is 25.2 Å². The predicted octanol–water partition coefficient (Wildman–Crippen LogP) is 2.14. The first-order valence-corrected chi connectivity index (χ1v) is 7.05. The van der Waals surface area contributed by atoms with Gasteiger partial charge in [-0.2, -0.15) is 18.3 Å². The molecule has 1 aromatic heterocycles. The second-order valence-electron chi connectivity index (χ2n) is 5.20. The molecule has 10 heteroatoms. The van der Waals surface area contributed by atoms with Crippen molar-refractivity contribution in [2.45, 2.75) is 12.7 Å². The Balaban J connectivity index is 1.89. The number of carbonyl (C=O) groups excluding carboxylic acids is 2. The van der Waals surface area contributed by atoms with E-state index in [0.717, 1.165) is 27.9 Å². The first-order valence-electron chi connectivity index (χ1n) is 7.05. The number of rotatable bonds is 5. The van der Waals surface area contributed by atoms with Crippen LogP contribution in [0.4, 0.5) is 23.2 Å². The fourth-order valence-electron chi connectivity index (χ4n) is 1.93. The molecule has 0 saturated carbocycles. The van der Waals surface area contributed by atoms with E-state index in [-0.39, 0.29) is 12.2 Å². The van der Waals surface area contributed by atoms with Crippen LogP contribution in [0.2, 0.25) is 0 Å². The van der Waals surface area contributed by atoms with Gasteiger partial charge in [-0.05, 0) is 24.3 Å². The summed E-state index contributed by atoms with van der Waals surface area (Å²) in [4.78, 5) is 24.8. The molecule has 0 spiro atoms. The van der Waals surface area contributed by atoms with E-state index in [1.54, 1.807) is 0 Å². The number of benzene rings is 1. The van der Waals surface area contributed by atoms with Crippen LogP contribution in [0.1, 0.15) is 5.69 Å². The standard InChI is InChI=1S/C15H14F4N4O2/c1-22(8-13(24)20-11-4-2-3-10(16)7-11)14(25)9-23-6-5-12(21-23)15(17,18)19/h2-7H,8-9H2,1H3,(H,20,24). The topological polar surface area (TPSA) is 67.2 Å². The molecule has 0 aliphatic carbocycles. The van der Waals surface area contributed by atoms with Crippen molar-refractivity contribution in [1.29, 1.82) is 0 Å². The SMILES string of the molecule is CN(CC(=O)Nc1cccc(F)c1)C(=O)Cn1ccc(C(F)(F)F)n1. The fourth-order valence-corrected chi connectivity index (χ4v) is 1.93. The summed E-state index contributed by atoms with van der Waals surface area (Å²) in [6.07, 6.45) is -3.56. The molecule has 134 valence electrons. The summed E-state index contributed by atoms with van der Waals surface area (Å²) in [6, 6.07) is 5.97. The first kappa shape index (κ1) is 18.4. The van der Waals surface area contributed by atoms with Crippen LogP contribution in [0.25, 0.3) is 0 Å². The summed E-state index contributed by atoms with van der Waals surface area (Å²) in [6.45, 7) is -0.789. The lowest BCUT2D eigenvalue weighted by atomic mass is 10.3. The van der Waals surface area contributed by atoms with Crippen LogP contribution in [0, 0.1) is 5.82 Å². The minimum absolute atomic E-state index is 0.229. The monoisotopic (exact) mass is 358 g/mol. The van der Waals surface area contributed by atoms with Crippen molar-refractivity contribution in [2.24, 2.45) is 0 Å². The number of hydrogen-bond acceptors (Lipinski definition) is 3. The van der Waals surface area contributed by atoms with Gasteiger partial charge in [0.15, 0.2) is 5.69 Å². The number of nitrogens with one attached hydrogen (secondary N) is 1. The van der Waals surface area contributed by atoms with Crippen molar-refractivity contribution < 1.29 is 27.2 Å². The Morgan fingerprint density at radius 2 is 2.00 bits per heavy atom. The highest BCUT2D eigenvalue weighted by Gasteiger charge is 2.33. The summed E-state index contributed by atoms with van der Waals surface area (Å²) in [5.41, 5.74) is -0.875. The third-order valence-corrected chi connectivity index (χ3v) is 3.14. The molecule has 0 aliphatic heterocycles. The number of alkyl halides is 3. The largest absolute Gasteiger partial charge is 0.435 e. The second kappa shape index (κ2) is 7.32. The van der Waals surface area contributed by atoms with Crippen LogP contribution in [-0.4, -0.2) is 40.1 Å². The van der Waals surface area contributed by atoms with Crippen LogP contribution in [-0.2, 0) is 22.3 Å². The number of anilines is 1. The van der Waals surface area contributed by atoms with E-state index < -0.39 is 36.0 Å². The number of aromatic nitrogens is 2.